The van der Waals surface area contributed by atoms with Gasteiger partial charge in [0.15, 0.2) is 0 Å². The van der Waals surface area contributed by atoms with E-state index < -0.39 is 11.6 Å². The van der Waals surface area contributed by atoms with Crippen molar-refractivity contribution in [1.29, 1.82) is 0 Å². The van der Waals surface area contributed by atoms with Gasteiger partial charge in [-0.05, 0) is 31.0 Å². The van der Waals surface area contributed by atoms with E-state index in [1.54, 1.807) is 26.6 Å². The normalized spacial score (nSPS) is 13.5. The van der Waals surface area contributed by atoms with Gasteiger partial charge in [0.25, 0.3) is 5.91 Å². The number of pyridine rings is 2. The zero-order chi connectivity index (χ0) is 34.5. The lowest BCUT2D eigenvalue weighted by molar-refractivity contribution is -0.0648. The number of nitrogens with two attached hydrogens (primary N) is 1. The summed E-state index contributed by atoms with van der Waals surface area (Å²) < 4.78 is 13.7. The van der Waals surface area contributed by atoms with Gasteiger partial charge in [0.05, 0.1) is 45.9 Å². The molecule has 7 aromatic rings. The fraction of sp³-hybridized carbons (Fsp3) is 0.256. The maximum Gasteiger partial charge on any atom is 0.252 e. The Labute approximate surface area is 289 Å². The second kappa shape index (κ2) is 14.6. The summed E-state index contributed by atoms with van der Waals surface area (Å²) in [5, 5.41) is 4.96. The molecule has 11 nitrogen and oxygen atoms in total. The lowest BCUT2D eigenvalue weighted by atomic mass is 9.86. The van der Waals surface area contributed by atoms with Crippen molar-refractivity contribution in [1.82, 2.24) is 34.8 Å². The van der Waals surface area contributed by atoms with Crippen LogP contribution in [0.1, 0.15) is 47.2 Å². The van der Waals surface area contributed by atoms with Crippen molar-refractivity contribution in [2.45, 2.75) is 37.5 Å². The van der Waals surface area contributed by atoms with Crippen LogP contribution < -0.4 is 11.1 Å². The maximum absolute atomic E-state index is 13.5. The monoisotopic (exact) mass is 668 g/mol. The molecule has 254 valence electrons. The van der Waals surface area contributed by atoms with Crippen LogP contribution in [0.25, 0.3) is 44.1 Å². The molecular formula is C39H40N8O3. The molecule has 11 heteroatoms. The number of hydrogen-bond donors (Lipinski definition) is 3. The molecule has 0 aliphatic carbocycles. The van der Waals surface area contributed by atoms with Crippen molar-refractivity contribution in [2.75, 3.05) is 27.4 Å². The Hall–Kier alpha value is -5.49. The lowest BCUT2D eigenvalue weighted by Gasteiger charge is -2.35. The van der Waals surface area contributed by atoms with Gasteiger partial charge < -0.3 is 30.1 Å². The third-order valence-electron chi connectivity index (χ3n) is 9.36. The zero-order valence-corrected chi connectivity index (χ0v) is 28.2. The van der Waals surface area contributed by atoms with Crippen LogP contribution in [0.3, 0.4) is 0 Å². The summed E-state index contributed by atoms with van der Waals surface area (Å²) in [7, 11) is 3.28. The number of aromatic amines is 1. The molecule has 0 saturated carbocycles. The van der Waals surface area contributed by atoms with E-state index in [1.165, 1.54) is 0 Å². The molecule has 0 fully saturated rings. The smallest absolute Gasteiger partial charge is 0.252 e. The minimum atomic E-state index is -1.02. The maximum atomic E-state index is 13.5. The first kappa shape index (κ1) is 33.0. The Balaban J connectivity index is 1.11. The highest BCUT2D eigenvalue weighted by Gasteiger charge is 2.44. The van der Waals surface area contributed by atoms with Gasteiger partial charge >= 0.3 is 0 Å². The van der Waals surface area contributed by atoms with E-state index in [0.717, 1.165) is 51.4 Å². The quantitative estimate of drug-likeness (QED) is 0.114. The summed E-state index contributed by atoms with van der Waals surface area (Å²) in [4.78, 5) is 36.0. The van der Waals surface area contributed by atoms with Crippen LogP contribution in [0.4, 0.5) is 0 Å². The number of imidazole rings is 2. The van der Waals surface area contributed by atoms with Crippen LogP contribution in [0, 0.1) is 0 Å². The Morgan fingerprint density at radius 2 is 1.68 bits per heavy atom. The molecule has 2 atom stereocenters. The molecule has 0 bridgehead atoms. The first-order valence-electron chi connectivity index (χ1n) is 16.8. The molecule has 0 radical (unpaired) electrons. The van der Waals surface area contributed by atoms with Crippen molar-refractivity contribution in [3.05, 3.63) is 121 Å². The summed E-state index contributed by atoms with van der Waals surface area (Å²) in [6, 6.07) is 26.9. The molecule has 7 rings (SSSR count). The Kier molecular flexibility index (Phi) is 9.61. The lowest BCUT2D eigenvalue weighted by Crippen LogP contribution is -2.43. The van der Waals surface area contributed by atoms with E-state index in [1.807, 2.05) is 85.2 Å². The summed E-state index contributed by atoms with van der Waals surface area (Å²) in [6.07, 6.45) is 7.34. The summed E-state index contributed by atoms with van der Waals surface area (Å²) >= 11 is 0. The number of ether oxygens (including phenoxy) is 2. The van der Waals surface area contributed by atoms with Crippen LogP contribution in [-0.4, -0.2) is 62.8 Å². The van der Waals surface area contributed by atoms with Crippen LogP contribution in [0.5, 0.6) is 0 Å². The third-order valence-corrected chi connectivity index (χ3v) is 9.36. The number of rotatable bonds is 14. The van der Waals surface area contributed by atoms with Gasteiger partial charge in [-0.2, -0.15) is 0 Å². The van der Waals surface area contributed by atoms with Crippen molar-refractivity contribution in [2.24, 2.45) is 5.73 Å². The van der Waals surface area contributed by atoms with Crippen molar-refractivity contribution >= 4 is 38.7 Å². The molecule has 4 N–H and O–H groups in total. The fourth-order valence-electron chi connectivity index (χ4n) is 6.74. The highest BCUT2D eigenvalue weighted by Crippen LogP contribution is 2.40. The summed E-state index contributed by atoms with van der Waals surface area (Å²) in [5.41, 5.74) is 12.3. The molecule has 0 saturated heterocycles. The van der Waals surface area contributed by atoms with Crippen LogP contribution in [-0.2, 0) is 21.6 Å². The molecule has 1 amide bonds. The number of hydrogen-bond acceptors (Lipinski definition) is 8. The van der Waals surface area contributed by atoms with E-state index in [9.17, 15) is 4.79 Å². The summed E-state index contributed by atoms with van der Waals surface area (Å²) in [6.45, 7) is 1.64. The topological polar surface area (TPSA) is 146 Å². The van der Waals surface area contributed by atoms with Crippen LogP contribution in [0.15, 0.2) is 104 Å². The van der Waals surface area contributed by atoms with E-state index in [-0.39, 0.29) is 5.91 Å². The number of unbranched alkanes of at least 4 members (excludes halogenated alkanes) is 1. The molecular weight excluding hydrogens is 628 g/mol. The van der Waals surface area contributed by atoms with Crippen LogP contribution in [0.2, 0.25) is 0 Å². The second-order valence-electron chi connectivity index (χ2n) is 12.3. The second-order valence-corrected chi connectivity index (χ2v) is 12.3. The number of aryl methyl sites for hydroxylation is 1. The number of benzene rings is 3. The molecule has 4 heterocycles. The molecule has 50 heavy (non-hydrogen) atoms. The number of carbonyl (C=O) groups is 1. The number of H-pyrrole nitrogens is 1. The van der Waals surface area contributed by atoms with E-state index >= 15 is 0 Å². The van der Waals surface area contributed by atoms with Gasteiger partial charge in [0.1, 0.15) is 16.9 Å². The van der Waals surface area contributed by atoms with E-state index in [0.29, 0.717) is 48.7 Å². The highest BCUT2D eigenvalue weighted by molar-refractivity contribution is 6.07. The number of fused-ring (bicyclic) bond motifs is 4. The van der Waals surface area contributed by atoms with E-state index in [4.69, 9.17) is 30.2 Å². The number of methoxy groups -OCH3 is 2. The third kappa shape index (κ3) is 6.22. The Bertz CT molecular complexity index is 2240. The molecule has 4 aromatic heterocycles. The highest BCUT2D eigenvalue weighted by atomic mass is 16.5. The van der Waals surface area contributed by atoms with Gasteiger partial charge in [-0.25, -0.2) is 19.9 Å². The number of aromatic nitrogens is 6. The number of nitrogens with zero attached hydrogens (tertiary/aromatic N) is 5. The minimum absolute atomic E-state index is 0.115. The van der Waals surface area contributed by atoms with Crippen molar-refractivity contribution in [3.63, 3.8) is 0 Å². The standard InChI is InChI=1S/C39H40N8O3/c1-49-23-18-39(50-2,38-42-20-21-43-38)36(40)34-33-35(28-15-7-9-17-31(28)46-34)47(25-44-33)22-11-10-19-41-37(48)29-24-32(26-12-4-3-5-13-26)45-30-16-8-6-14-27(29)30/h3-9,12-17,20-21,24-25,36H,10-11,18-19,22-23,40H2,1-2H3,(H,41,48)(H,42,43). The van der Waals surface area contributed by atoms with Crippen molar-refractivity contribution in [3.8, 4) is 11.3 Å². The predicted molar refractivity (Wildman–Crippen MR) is 194 cm³/mol. The first-order chi connectivity index (χ1) is 24.5. The number of amides is 1. The number of nitrogens with one attached hydrogen (secondary N) is 2. The Morgan fingerprint density at radius 3 is 2.42 bits per heavy atom. The average molecular weight is 669 g/mol. The van der Waals surface area contributed by atoms with Crippen LogP contribution >= 0.6 is 0 Å². The SMILES string of the molecule is COCCC(OC)(c1ncc[nH]1)C(N)c1nc2ccccc2c2c1ncn2CCCCNC(=O)c1cc(-c2ccccc2)nc2ccccc12. The predicted octanol–water partition coefficient (Wildman–Crippen LogP) is 6.31. The number of para-hydroxylation sites is 2. The zero-order valence-electron chi connectivity index (χ0n) is 28.2. The van der Waals surface area contributed by atoms with Gasteiger partial charge in [-0.3, -0.25) is 4.79 Å². The minimum Gasteiger partial charge on any atom is -0.385 e. The van der Waals surface area contributed by atoms with Crippen molar-refractivity contribution < 1.29 is 14.3 Å². The number of carbonyl (C=O) groups excluding carboxylic acids is 1. The fourth-order valence-corrected chi connectivity index (χ4v) is 6.74. The summed E-state index contributed by atoms with van der Waals surface area (Å²) in [5.74, 6) is 0.487. The van der Waals surface area contributed by atoms with Gasteiger partial charge in [-0.1, -0.05) is 66.7 Å². The first-order valence-corrected chi connectivity index (χ1v) is 16.8. The van der Waals surface area contributed by atoms with Gasteiger partial charge in [0.2, 0.25) is 0 Å². The molecule has 3 aromatic carbocycles. The molecule has 2 unspecified atom stereocenters. The molecule has 0 spiro atoms. The largest absolute Gasteiger partial charge is 0.385 e. The molecule has 0 aliphatic rings. The van der Waals surface area contributed by atoms with Gasteiger partial charge in [-0.15, -0.1) is 0 Å². The molecule has 0 aliphatic heterocycles. The Morgan fingerprint density at radius 1 is 0.940 bits per heavy atom. The van der Waals surface area contributed by atoms with E-state index in [2.05, 4.69) is 25.9 Å². The average Bonchev–Trinajstić information content (AvgIpc) is 3.86. The van der Waals surface area contributed by atoms with Gasteiger partial charge in [0, 0.05) is 69.1 Å².